The molecule has 0 aliphatic rings. The van der Waals surface area contributed by atoms with Crippen LogP contribution in [0.15, 0.2) is 77.9 Å². The van der Waals surface area contributed by atoms with E-state index in [9.17, 15) is 4.79 Å². The second kappa shape index (κ2) is 7.42. The van der Waals surface area contributed by atoms with Gasteiger partial charge in [-0.05, 0) is 23.9 Å². The number of hydrogen-bond donors (Lipinski definition) is 1. The molecule has 120 valence electrons. The molecule has 0 spiro atoms. The van der Waals surface area contributed by atoms with Gasteiger partial charge in [0.25, 0.3) is 5.91 Å². The van der Waals surface area contributed by atoms with Crippen LogP contribution in [-0.2, 0) is 4.79 Å². The predicted molar refractivity (Wildman–Crippen MR) is 96.2 cm³/mol. The first-order valence-corrected chi connectivity index (χ1v) is 7.76. The zero-order chi connectivity index (χ0) is 16.8. The van der Waals surface area contributed by atoms with Gasteiger partial charge in [-0.15, -0.1) is 0 Å². The molecule has 3 rings (SSSR count). The van der Waals surface area contributed by atoms with E-state index in [-0.39, 0.29) is 5.91 Å². The van der Waals surface area contributed by atoms with Crippen LogP contribution in [0.25, 0.3) is 10.8 Å². The van der Waals surface area contributed by atoms with Crippen molar-refractivity contribution in [2.24, 2.45) is 5.10 Å². The molecule has 0 aliphatic carbocycles. The minimum absolute atomic E-state index is 0.296. The summed E-state index contributed by atoms with van der Waals surface area (Å²) >= 11 is 0. The molecule has 4 heteroatoms. The average molecular weight is 318 g/mol. The normalized spacial score (nSPS) is 12.2. The van der Waals surface area contributed by atoms with Gasteiger partial charge in [0.05, 0.1) is 6.21 Å². The molecule has 0 aliphatic heterocycles. The van der Waals surface area contributed by atoms with E-state index in [4.69, 9.17) is 4.74 Å². The number of hydrogen-bond acceptors (Lipinski definition) is 3. The van der Waals surface area contributed by atoms with Gasteiger partial charge < -0.3 is 4.74 Å². The summed E-state index contributed by atoms with van der Waals surface area (Å²) in [6.45, 7) is 1.70. The highest BCUT2D eigenvalue weighted by molar-refractivity contribution is 5.89. The fourth-order valence-corrected chi connectivity index (χ4v) is 2.34. The average Bonchev–Trinajstić information content (AvgIpc) is 2.63. The molecule has 0 saturated carbocycles. The number of carbonyl (C=O) groups is 1. The molecule has 0 bridgehead atoms. The molecular formula is C20H18N2O2. The van der Waals surface area contributed by atoms with Crippen LogP contribution in [0.3, 0.4) is 0 Å². The summed E-state index contributed by atoms with van der Waals surface area (Å²) in [5.41, 5.74) is 3.42. The smallest absolute Gasteiger partial charge is 0.280 e. The maximum Gasteiger partial charge on any atom is 0.280 e. The van der Waals surface area contributed by atoms with Gasteiger partial charge in [-0.1, -0.05) is 66.7 Å². The Hall–Kier alpha value is -3.14. The Bertz CT molecular complexity index is 854. The van der Waals surface area contributed by atoms with Crippen molar-refractivity contribution in [2.75, 3.05) is 0 Å². The molecule has 0 radical (unpaired) electrons. The second-order valence-electron chi connectivity index (χ2n) is 5.38. The zero-order valence-electron chi connectivity index (χ0n) is 13.3. The topological polar surface area (TPSA) is 50.7 Å². The van der Waals surface area contributed by atoms with E-state index >= 15 is 0 Å². The molecule has 0 saturated heterocycles. The third-order valence-corrected chi connectivity index (χ3v) is 3.61. The SMILES string of the molecule is C[C@@H](Oc1cccc2ccccc12)C(=O)N/N=C\c1ccccc1. The third kappa shape index (κ3) is 3.79. The lowest BCUT2D eigenvalue weighted by atomic mass is 10.1. The van der Waals surface area contributed by atoms with Crippen LogP contribution >= 0.6 is 0 Å². The highest BCUT2D eigenvalue weighted by atomic mass is 16.5. The van der Waals surface area contributed by atoms with E-state index in [1.54, 1.807) is 13.1 Å². The fourth-order valence-electron chi connectivity index (χ4n) is 2.34. The van der Waals surface area contributed by atoms with Crippen LogP contribution in [0, 0.1) is 0 Å². The van der Waals surface area contributed by atoms with Gasteiger partial charge in [0.2, 0.25) is 0 Å². The van der Waals surface area contributed by atoms with Crippen molar-refractivity contribution >= 4 is 22.9 Å². The van der Waals surface area contributed by atoms with Crippen LogP contribution in [0.2, 0.25) is 0 Å². The lowest BCUT2D eigenvalue weighted by Gasteiger charge is -2.14. The highest BCUT2D eigenvalue weighted by Gasteiger charge is 2.15. The molecule has 0 aromatic heterocycles. The van der Waals surface area contributed by atoms with E-state index in [1.807, 2.05) is 72.8 Å². The highest BCUT2D eigenvalue weighted by Crippen LogP contribution is 2.25. The Morgan fingerprint density at radius 1 is 1.00 bits per heavy atom. The maximum atomic E-state index is 12.1. The molecule has 24 heavy (non-hydrogen) atoms. The molecule has 0 unspecified atom stereocenters. The predicted octanol–water partition coefficient (Wildman–Crippen LogP) is 3.76. The van der Waals surface area contributed by atoms with Crippen LogP contribution in [0.5, 0.6) is 5.75 Å². The minimum atomic E-state index is -0.649. The molecule has 1 N–H and O–H groups in total. The summed E-state index contributed by atoms with van der Waals surface area (Å²) in [5.74, 6) is 0.387. The summed E-state index contributed by atoms with van der Waals surface area (Å²) in [6.07, 6.45) is 0.950. The first-order chi connectivity index (χ1) is 11.7. The molecule has 3 aromatic carbocycles. The summed E-state index contributed by atoms with van der Waals surface area (Å²) in [5, 5.41) is 6.01. The summed E-state index contributed by atoms with van der Waals surface area (Å²) in [6, 6.07) is 23.3. The Morgan fingerprint density at radius 3 is 2.54 bits per heavy atom. The van der Waals surface area contributed by atoms with Gasteiger partial charge in [-0.3, -0.25) is 4.79 Å². The third-order valence-electron chi connectivity index (χ3n) is 3.61. The monoisotopic (exact) mass is 318 g/mol. The summed E-state index contributed by atoms with van der Waals surface area (Å²) in [7, 11) is 0. The van der Waals surface area contributed by atoms with Gasteiger partial charge in [-0.2, -0.15) is 5.10 Å². The Labute approximate surface area is 140 Å². The lowest BCUT2D eigenvalue weighted by molar-refractivity contribution is -0.127. The van der Waals surface area contributed by atoms with E-state index in [0.29, 0.717) is 5.75 Å². The van der Waals surface area contributed by atoms with E-state index in [2.05, 4.69) is 10.5 Å². The zero-order valence-corrected chi connectivity index (χ0v) is 13.3. The number of hydrazone groups is 1. The Kier molecular flexibility index (Phi) is 4.87. The first kappa shape index (κ1) is 15.7. The molecule has 1 atom stereocenters. The van der Waals surface area contributed by atoms with E-state index in [1.165, 1.54) is 0 Å². The Morgan fingerprint density at radius 2 is 1.71 bits per heavy atom. The van der Waals surface area contributed by atoms with Crippen molar-refractivity contribution in [2.45, 2.75) is 13.0 Å². The number of rotatable bonds is 5. The maximum absolute atomic E-state index is 12.1. The molecule has 0 heterocycles. The van der Waals surface area contributed by atoms with Gasteiger partial charge >= 0.3 is 0 Å². The van der Waals surface area contributed by atoms with Gasteiger partial charge in [0, 0.05) is 5.39 Å². The summed E-state index contributed by atoms with van der Waals surface area (Å²) < 4.78 is 5.81. The lowest BCUT2D eigenvalue weighted by Crippen LogP contribution is -2.33. The quantitative estimate of drug-likeness (QED) is 0.575. The van der Waals surface area contributed by atoms with Crippen molar-refractivity contribution in [3.8, 4) is 5.75 Å². The van der Waals surface area contributed by atoms with Crippen LogP contribution in [-0.4, -0.2) is 18.2 Å². The van der Waals surface area contributed by atoms with E-state index in [0.717, 1.165) is 16.3 Å². The van der Waals surface area contributed by atoms with Crippen LogP contribution < -0.4 is 10.2 Å². The van der Waals surface area contributed by atoms with Crippen molar-refractivity contribution in [3.63, 3.8) is 0 Å². The van der Waals surface area contributed by atoms with Gasteiger partial charge in [0.15, 0.2) is 6.10 Å². The van der Waals surface area contributed by atoms with Gasteiger partial charge in [-0.25, -0.2) is 5.43 Å². The number of nitrogens with zero attached hydrogens (tertiary/aromatic N) is 1. The van der Waals surface area contributed by atoms with Crippen LogP contribution in [0.4, 0.5) is 0 Å². The number of amides is 1. The van der Waals surface area contributed by atoms with E-state index < -0.39 is 6.10 Å². The van der Waals surface area contributed by atoms with Gasteiger partial charge in [0.1, 0.15) is 5.75 Å². The number of ether oxygens (including phenoxy) is 1. The summed E-state index contributed by atoms with van der Waals surface area (Å²) in [4.78, 5) is 12.1. The fraction of sp³-hybridized carbons (Fsp3) is 0.100. The van der Waals surface area contributed by atoms with Crippen molar-refractivity contribution in [1.29, 1.82) is 0 Å². The molecule has 4 nitrogen and oxygen atoms in total. The number of nitrogens with one attached hydrogen (secondary N) is 1. The largest absolute Gasteiger partial charge is 0.480 e. The molecule has 0 fully saturated rings. The number of fused-ring (bicyclic) bond motifs is 1. The standard InChI is InChI=1S/C20H18N2O2/c1-15(20(23)22-21-14-16-8-3-2-4-9-16)24-19-13-7-11-17-10-5-6-12-18(17)19/h2-15H,1H3,(H,22,23)/b21-14-/t15-/m1/s1. The molecular weight excluding hydrogens is 300 g/mol. The first-order valence-electron chi connectivity index (χ1n) is 7.76. The molecule has 1 amide bonds. The second-order valence-corrected chi connectivity index (χ2v) is 5.38. The van der Waals surface area contributed by atoms with Crippen LogP contribution in [0.1, 0.15) is 12.5 Å². The van der Waals surface area contributed by atoms with Crippen molar-refractivity contribution in [3.05, 3.63) is 78.4 Å². The minimum Gasteiger partial charge on any atom is -0.480 e. The Balaban J connectivity index is 1.64. The number of carbonyl (C=O) groups excluding carboxylic acids is 1. The van der Waals surface area contributed by atoms with Crippen molar-refractivity contribution < 1.29 is 9.53 Å². The van der Waals surface area contributed by atoms with Crippen molar-refractivity contribution in [1.82, 2.24) is 5.43 Å². The molecule has 3 aromatic rings. The number of benzene rings is 3.